The second-order valence-corrected chi connectivity index (χ2v) is 16.1. The molecule has 0 saturated carbocycles. The zero-order valence-electron chi connectivity index (χ0n) is 34.0. The van der Waals surface area contributed by atoms with Gasteiger partial charge in [-0.15, -0.1) is 0 Å². The molecule has 0 aliphatic carbocycles. The number of nitrogens with zero attached hydrogens (tertiary/aromatic N) is 2. The second-order valence-electron chi connectivity index (χ2n) is 16.1. The SMILES string of the molecule is c1ccc(-c2ccc(N(c3ccc(-c4cc5ccc6ccccc6c5c5ccccc45)cc3)c3cccc(-c4cccc(-n5c6ccccc6c6ccccc65)c4)c3)cc2)cc1. The van der Waals surface area contributed by atoms with E-state index < -0.39 is 0 Å². The largest absolute Gasteiger partial charge is 0.310 e. The van der Waals surface area contributed by atoms with E-state index in [1.165, 1.54) is 76.4 Å². The standard InChI is InChI=1S/C60H40N2/c1-2-14-41(15-3-1)42-30-34-48(35-31-42)61(49-36-32-44(33-37-49)57-40-47-29-28-43-16-4-5-21-52(43)60(47)56-25-7-6-22-53(56)57)50-19-12-17-45(38-50)46-18-13-20-51(39-46)62-58-26-10-8-23-54(58)55-24-9-11-27-59(55)62/h1-40H. The van der Waals surface area contributed by atoms with Crippen LogP contribution in [-0.2, 0) is 0 Å². The first kappa shape index (κ1) is 35.7. The van der Waals surface area contributed by atoms with Crippen LogP contribution in [0.5, 0.6) is 0 Å². The molecule has 0 radical (unpaired) electrons. The molecule has 2 heteroatoms. The summed E-state index contributed by atoms with van der Waals surface area (Å²) in [6.07, 6.45) is 0. The predicted octanol–water partition coefficient (Wildman–Crippen LogP) is 16.7. The highest BCUT2D eigenvalue weighted by atomic mass is 15.1. The third-order valence-corrected chi connectivity index (χ3v) is 12.5. The van der Waals surface area contributed by atoms with Gasteiger partial charge in [-0.2, -0.15) is 0 Å². The van der Waals surface area contributed by atoms with Crippen molar-refractivity contribution in [2.75, 3.05) is 4.90 Å². The van der Waals surface area contributed by atoms with Crippen molar-refractivity contribution in [1.82, 2.24) is 4.57 Å². The third kappa shape index (κ3) is 6.04. The molecule has 290 valence electrons. The number of aromatic nitrogens is 1. The average Bonchev–Trinajstić information content (AvgIpc) is 3.69. The van der Waals surface area contributed by atoms with E-state index in [-0.39, 0.29) is 0 Å². The van der Waals surface area contributed by atoms with Gasteiger partial charge < -0.3 is 9.47 Å². The molecule has 0 fully saturated rings. The minimum absolute atomic E-state index is 1.09. The van der Waals surface area contributed by atoms with Crippen LogP contribution in [0.15, 0.2) is 243 Å². The Morgan fingerprint density at radius 1 is 0.274 bits per heavy atom. The maximum atomic E-state index is 2.39. The zero-order valence-corrected chi connectivity index (χ0v) is 34.0. The van der Waals surface area contributed by atoms with Crippen molar-refractivity contribution in [3.63, 3.8) is 0 Å². The Balaban J connectivity index is 0.970. The van der Waals surface area contributed by atoms with Crippen LogP contribution in [0.1, 0.15) is 0 Å². The van der Waals surface area contributed by atoms with Gasteiger partial charge in [0.15, 0.2) is 0 Å². The Labute approximate surface area is 360 Å². The Kier molecular flexibility index (Phi) is 8.53. The van der Waals surface area contributed by atoms with Gasteiger partial charge in [0, 0.05) is 33.5 Å². The van der Waals surface area contributed by atoms with E-state index >= 15 is 0 Å². The van der Waals surface area contributed by atoms with Crippen LogP contribution in [0.3, 0.4) is 0 Å². The highest BCUT2D eigenvalue weighted by molar-refractivity contribution is 6.23. The molecule has 12 rings (SSSR count). The summed E-state index contributed by atoms with van der Waals surface area (Å²) in [7, 11) is 0. The summed E-state index contributed by atoms with van der Waals surface area (Å²) in [6, 6.07) is 88.4. The van der Waals surface area contributed by atoms with Crippen molar-refractivity contribution in [2.45, 2.75) is 0 Å². The minimum atomic E-state index is 1.09. The molecule has 62 heavy (non-hydrogen) atoms. The normalized spacial score (nSPS) is 11.5. The van der Waals surface area contributed by atoms with Gasteiger partial charge >= 0.3 is 0 Å². The van der Waals surface area contributed by atoms with Crippen LogP contribution < -0.4 is 4.90 Å². The van der Waals surface area contributed by atoms with E-state index in [0.717, 1.165) is 33.9 Å². The molecule has 0 amide bonds. The topological polar surface area (TPSA) is 8.17 Å². The molecule has 0 bridgehead atoms. The number of fused-ring (bicyclic) bond motifs is 8. The van der Waals surface area contributed by atoms with Gasteiger partial charge in [0.25, 0.3) is 0 Å². The summed E-state index contributed by atoms with van der Waals surface area (Å²) in [4.78, 5) is 2.38. The maximum Gasteiger partial charge on any atom is 0.0541 e. The molecule has 0 spiro atoms. The van der Waals surface area contributed by atoms with Crippen LogP contribution in [0.2, 0.25) is 0 Å². The summed E-state index contributed by atoms with van der Waals surface area (Å²) in [5.74, 6) is 0. The number of hydrogen-bond donors (Lipinski definition) is 0. The first-order valence-corrected chi connectivity index (χ1v) is 21.3. The van der Waals surface area contributed by atoms with Crippen LogP contribution in [0.4, 0.5) is 17.1 Å². The number of rotatable bonds is 7. The quantitative estimate of drug-likeness (QED) is 0.146. The van der Waals surface area contributed by atoms with Gasteiger partial charge in [0.2, 0.25) is 0 Å². The van der Waals surface area contributed by atoms with Gasteiger partial charge in [-0.3, -0.25) is 0 Å². The van der Waals surface area contributed by atoms with Gasteiger partial charge in [0.05, 0.1) is 11.0 Å². The van der Waals surface area contributed by atoms with Crippen molar-refractivity contribution >= 4 is 71.2 Å². The van der Waals surface area contributed by atoms with Gasteiger partial charge in [-0.1, -0.05) is 176 Å². The smallest absolute Gasteiger partial charge is 0.0541 e. The van der Waals surface area contributed by atoms with E-state index in [4.69, 9.17) is 0 Å². The molecule has 0 aliphatic rings. The monoisotopic (exact) mass is 788 g/mol. The highest BCUT2D eigenvalue weighted by Gasteiger charge is 2.17. The molecule has 1 heterocycles. The van der Waals surface area contributed by atoms with Crippen molar-refractivity contribution in [3.8, 4) is 39.1 Å². The lowest BCUT2D eigenvalue weighted by Crippen LogP contribution is -2.10. The van der Waals surface area contributed by atoms with Crippen LogP contribution in [0.25, 0.3) is 93.2 Å². The molecular weight excluding hydrogens is 749 g/mol. The summed E-state index contributed by atoms with van der Waals surface area (Å²) in [6.45, 7) is 0. The van der Waals surface area contributed by atoms with Gasteiger partial charge in [0.1, 0.15) is 0 Å². The lowest BCUT2D eigenvalue weighted by molar-refractivity contribution is 1.18. The van der Waals surface area contributed by atoms with Gasteiger partial charge in [-0.25, -0.2) is 0 Å². The van der Waals surface area contributed by atoms with Crippen LogP contribution in [0, 0.1) is 0 Å². The van der Waals surface area contributed by atoms with Gasteiger partial charge in [-0.05, 0) is 132 Å². The Morgan fingerprint density at radius 2 is 0.790 bits per heavy atom. The molecular formula is C60H40N2. The van der Waals surface area contributed by atoms with Crippen LogP contribution in [-0.4, -0.2) is 4.57 Å². The molecule has 0 saturated heterocycles. The average molecular weight is 789 g/mol. The van der Waals surface area contributed by atoms with E-state index in [0.29, 0.717) is 0 Å². The third-order valence-electron chi connectivity index (χ3n) is 12.5. The van der Waals surface area contributed by atoms with Crippen LogP contribution >= 0.6 is 0 Å². The molecule has 2 nitrogen and oxygen atoms in total. The van der Waals surface area contributed by atoms with E-state index in [9.17, 15) is 0 Å². The van der Waals surface area contributed by atoms with Crippen molar-refractivity contribution in [1.29, 1.82) is 0 Å². The lowest BCUT2D eigenvalue weighted by atomic mass is 9.90. The predicted molar refractivity (Wildman–Crippen MR) is 264 cm³/mol. The summed E-state index contributed by atoms with van der Waals surface area (Å²) >= 11 is 0. The number of anilines is 3. The Bertz CT molecular complexity index is 3560. The molecule has 0 atom stereocenters. The molecule has 1 aromatic heterocycles. The fourth-order valence-electron chi connectivity index (χ4n) is 9.64. The zero-order chi connectivity index (χ0) is 41.0. The summed E-state index contributed by atoms with van der Waals surface area (Å²) < 4.78 is 2.39. The molecule has 0 unspecified atom stereocenters. The maximum absolute atomic E-state index is 2.39. The number of benzene rings is 11. The first-order chi connectivity index (χ1) is 30.7. The molecule has 0 aliphatic heterocycles. The Morgan fingerprint density at radius 3 is 1.50 bits per heavy atom. The fraction of sp³-hybridized carbons (Fsp3) is 0. The van der Waals surface area contributed by atoms with Crippen molar-refractivity contribution in [2.24, 2.45) is 0 Å². The first-order valence-electron chi connectivity index (χ1n) is 21.3. The molecule has 11 aromatic carbocycles. The second kappa shape index (κ2) is 14.8. The van der Waals surface area contributed by atoms with E-state index in [1.807, 2.05) is 0 Å². The Hall–Kier alpha value is -8.20. The fourth-order valence-corrected chi connectivity index (χ4v) is 9.64. The molecule has 12 aromatic rings. The van der Waals surface area contributed by atoms with E-state index in [2.05, 4.69) is 252 Å². The van der Waals surface area contributed by atoms with Crippen molar-refractivity contribution in [3.05, 3.63) is 243 Å². The van der Waals surface area contributed by atoms with Crippen molar-refractivity contribution < 1.29 is 0 Å². The number of para-hydroxylation sites is 2. The number of hydrogen-bond acceptors (Lipinski definition) is 1. The van der Waals surface area contributed by atoms with E-state index in [1.54, 1.807) is 0 Å². The minimum Gasteiger partial charge on any atom is -0.310 e. The summed E-state index contributed by atoms with van der Waals surface area (Å²) in [5.41, 5.74) is 14.0. The molecule has 0 N–H and O–H groups in total. The lowest BCUT2D eigenvalue weighted by Gasteiger charge is -2.26. The highest BCUT2D eigenvalue weighted by Crippen LogP contribution is 2.42. The summed E-state index contributed by atoms with van der Waals surface area (Å²) in [5, 5.41) is 10.2.